The Bertz CT molecular complexity index is 544. The smallest absolute Gasteiger partial charge is 0.219 e. The molecule has 1 fully saturated rings. The summed E-state index contributed by atoms with van der Waals surface area (Å²) in [6.07, 6.45) is 1.03. The van der Waals surface area contributed by atoms with Crippen molar-refractivity contribution in [2.45, 2.75) is 26.8 Å². The lowest BCUT2D eigenvalue weighted by Gasteiger charge is -2.22. The minimum Gasteiger partial charge on any atom is -0.389 e. The van der Waals surface area contributed by atoms with Crippen LogP contribution < -0.4 is 5.73 Å². The molecule has 2 N–H and O–H groups in total. The molecule has 1 aromatic carbocycles. The van der Waals surface area contributed by atoms with Crippen molar-refractivity contribution in [2.75, 3.05) is 26.2 Å². The Morgan fingerprint density at radius 1 is 1.29 bits per heavy atom. The molecular formula is C16H23N3OS. The van der Waals surface area contributed by atoms with Gasteiger partial charge in [-0.05, 0) is 30.5 Å². The first-order valence-corrected chi connectivity index (χ1v) is 7.75. The van der Waals surface area contributed by atoms with Crippen molar-refractivity contribution in [1.82, 2.24) is 9.80 Å². The van der Waals surface area contributed by atoms with Crippen LogP contribution in [0.1, 0.15) is 30.0 Å². The predicted molar refractivity (Wildman–Crippen MR) is 89.2 cm³/mol. The van der Waals surface area contributed by atoms with Crippen molar-refractivity contribution in [2.24, 2.45) is 5.73 Å². The number of carbonyl (C=O) groups excluding carboxylic acids is 1. The Hall–Kier alpha value is -1.46. The molecule has 0 aliphatic carbocycles. The normalized spacial score (nSPS) is 16.6. The number of aryl methyl sites for hydroxylation is 1. The fourth-order valence-corrected chi connectivity index (χ4v) is 2.84. The average Bonchev–Trinajstić information content (AvgIpc) is 2.66. The lowest BCUT2D eigenvalue weighted by molar-refractivity contribution is -0.128. The molecule has 1 saturated heterocycles. The number of benzene rings is 1. The quantitative estimate of drug-likeness (QED) is 0.863. The van der Waals surface area contributed by atoms with Gasteiger partial charge in [-0.25, -0.2) is 0 Å². The fourth-order valence-electron chi connectivity index (χ4n) is 2.71. The topological polar surface area (TPSA) is 49.6 Å². The second-order valence-corrected chi connectivity index (χ2v) is 6.08. The molecule has 0 aromatic heterocycles. The second-order valence-electron chi connectivity index (χ2n) is 5.64. The molecule has 1 aliphatic rings. The van der Waals surface area contributed by atoms with Crippen LogP contribution >= 0.6 is 12.2 Å². The van der Waals surface area contributed by atoms with Gasteiger partial charge in [0.15, 0.2) is 0 Å². The van der Waals surface area contributed by atoms with Crippen LogP contribution in [0.5, 0.6) is 0 Å². The molecule has 2 rings (SSSR count). The third kappa shape index (κ3) is 4.25. The summed E-state index contributed by atoms with van der Waals surface area (Å²) in [5.41, 5.74) is 9.10. The summed E-state index contributed by atoms with van der Waals surface area (Å²) < 4.78 is 0. The molecule has 1 aromatic rings. The Kier molecular flexibility index (Phi) is 5.31. The zero-order valence-corrected chi connectivity index (χ0v) is 13.6. The maximum absolute atomic E-state index is 11.5. The lowest BCUT2D eigenvalue weighted by Crippen LogP contribution is -2.33. The van der Waals surface area contributed by atoms with Gasteiger partial charge in [0, 0.05) is 45.2 Å². The van der Waals surface area contributed by atoms with Crippen molar-refractivity contribution in [1.29, 1.82) is 0 Å². The van der Waals surface area contributed by atoms with Gasteiger partial charge in [-0.1, -0.05) is 24.4 Å². The summed E-state index contributed by atoms with van der Waals surface area (Å²) in [4.78, 5) is 16.2. The summed E-state index contributed by atoms with van der Waals surface area (Å²) in [6.45, 7) is 8.29. The number of carbonyl (C=O) groups is 1. The number of amides is 1. The van der Waals surface area contributed by atoms with Crippen LogP contribution in [0.3, 0.4) is 0 Å². The fraction of sp³-hybridized carbons (Fsp3) is 0.500. The highest BCUT2D eigenvalue weighted by molar-refractivity contribution is 7.80. The average molecular weight is 305 g/mol. The van der Waals surface area contributed by atoms with Crippen molar-refractivity contribution < 1.29 is 4.79 Å². The van der Waals surface area contributed by atoms with Gasteiger partial charge in [0.05, 0.1) is 0 Å². The van der Waals surface area contributed by atoms with Crippen LogP contribution in [0.25, 0.3) is 0 Å². The number of nitrogens with two attached hydrogens (primary N) is 1. The van der Waals surface area contributed by atoms with Gasteiger partial charge in [-0.15, -0.1) is 0 Å². The number of thiocarbonyl (C=S) groups is 1. The maximum Gasteiger partial charge on any atom is 0.219 e. The predicted octanol–water partition coefficient (Wildman–Crippen LogP) is 1.68. The molecule has 0 unspecified atom stereocenters. The van der Waals surface area contributed by atoms with Crippen LogP contribution in [0, 0.1) is 6.92 Å². The van der Waals surface area contributed by atoms with Gasteiger partial charge in [0.25, 0.3) is 0 Å². The number of rotatable bonds is 3. The molecule has 0 radical (unpaired) electrons. The molecule has 5 heteroatoms. The van der Waals surface area contributed by atoms with E-state index in [1.807, 2.05) is 11.0 Å². The molecule has 1 heterocycles. The zero-order chi connectivity index (χ0) is 15.4. The molecule has 0 atom stereocenters. The van der Waals surface area contributed by atoms with E-state index in [2.05, 4.69) is 24.0 Å². The SMILES string of the molecule is CC(=O)N1CCCN(Cc2ccc(C(N)=S)cc2C)CC1. The van der Waals surface area contributed by atoms with Crippen molar-refractivity contribution in [3.63, 3.8) is 0 Å². The van der Waals surface area contributed by atoms with Gasteiger partial charge < -0.3 is 10.6 Å². The van der Waals surface area contributed by atoms with E-state index in [4.69, 9.17) is 18.0 Å². The molecule has 21 heavy (non-hydrogen) atoms. The third-order valence-corrected chi connectivity index (χ3v) is 4.29. The summed E-state index contributed by atoms with van der Waals surface area (Å²) in [6, 6.07) is 6.15. The molecular weight excluding hydrogens is 282 g/mol. The van der Waals surface area contributed by atoms with Gasteiger partial charge in [-0.3, -0.25) is 9.69 Å². The van der Waals surface area contributed by atoms with E-state index in [1.54, 1.807) is 6.92 Å². The molecule has 4 nitrogen and oxygen atoms in total. The molecule has 1 amide bonds. The standard InChI is InChI=1S/C16H23N3OS/c1-12-10-14(16(17)21)4-5-15(12)11-18-6-3-7-19(9-8-18)13(2)20/h4-5,10H,3,6-9,11H2,1-2H3,(H2,17,21). The number of hydrogen-bond acceptors (Lipinski definition) is 3. The molecule has 114 valence electrons. The summed E-state index contributed by atoms with van der Waals surface area (Å²) >= 11 is 5.01. The summed E-state index contributed by atoms with van der Waals surface area (Å²) in [7, 11) is 0. The highest BCUT2D eigenvalue weighted by Crippen LogP contribution is 2.15. The van der Waals surface area contributed by atoms with Crippen LogP contribution in [0.4, 0.5) is 0 Å². The number of hydrogen-bond donors (Lipinski definition) is 1. The van der Waals surface area contributed by atoms with Gasteiger partial charge in [0.1, 0.15) is 4.99 Å². The highest BCUT2D eigenvalue weighted by Gasteiger charge is 2.17. The van der Waals surface area contributed by atoms with E-state index in [0.717, 1.165) is 44.7 Å². The van der Waals surface area contributed by atoms with Crippen LogP contribution in [0.2, 0.25) is 0 Å². The third-order valence-electron chi connectivity index (χ3n) is 4.05. The van der Waals surface area contributed by atoms with E-state index in [9.17, 15) is 4.79 Å². The first-order chi connectivity index (χ1) is 9.97. The second kappa shape index (κ2) is 7.00. The van der Waals surface area contributed by atoms with Gasteiger partial charge in [-0.2, -0.15) is 0 Å². The Morgan fingerprint density at radius 2 is 2.05 bits per heavy atom. The Labute approximate surface area is 131 Å². The first kappa shape index (κ1) is 15.9. The Balaban J connectivity index is 2.01. The van der Waals surface area contributed by atoms with Gasteiger partial charge in [0.2, 0.25) is 5.91 Å². The largest absolute Gasteiger partial charge is 0.389 e. The first-order valence-electron chi connectivity index (χ1n) is 7.34. The van der Waals surface area contributed by atoms with E-state index in [1.165, 1.54) is 11.1 Å². The monoisotopic (exact) mass is 305 g/mol. The van der Waals surface area contributed by atoms with Crippen LogP contribution in [-0.2, 0) is 11.3 Å². The lowest BCUT2D eigenvalue weighted by atomic mass is 10.0. The summed E-state index contributed by atoms with van der Waals surface area (Å²) in [5, 5.41) is 0. The van der Waals surface area contributed by atoms with E-state index in [-0.39, 0.29) is 5.91 Å². The maximum atomic E-state index is 11.5. The van der Waals surface area contributed by atoms with Gasteiger partial charge >= 0.3 is 0 Å². The van der Waals surface area contributed by atoms with Crippen molar-refractivity contribution in [3.8, 4) is 0 Å². The minimum atomic E-state index is 0.175. The summed E-state index contributed by atoms with van der Waals surface area (Å²) in [5.74, 6) is 0.175. The molecule has 1 aliphatic heterocycles. The van der Waals surface area contributed by atoms with Crippen molar-refractivity contribution in [3.05, 3.63) is 34.9 Å². The Morgan fingerprint density at radius 3 is 2.67 bits per heavy atom. The van der Waals surface area contributed by atoms with E-state index in [0.29, 0.717) is 4.99 Å². The molecule has 0 saturated carbocycles. The molecule has 0 spiro atoms. The molecule has 0 bridgehead atoms. The highest BCUT2D eigenvalue weighted by atomic mass is 32.1. The zero-order valence-electron chi connectivity index (χ0n) is 12.8. The van der Waals surface area contributed by atoms with E-state index < -0.39 is 0 Å². The van der Waals surface area contributed by atoms with Crippen molar-refractivity contribution >= 4 is 23.1 Å². The minimum absolute atomic E-state index is 0.175. The van der Waals surface area contributed by atoms with E-state index >= 15 is 0 Å². The van der Waals surface area contributed by atoms with Crippen LogP contribution in [0.15, 0.2) is 18.2 Å². The van der Waals surface area contributed by atoms with Crippen LogP contribution in [-0.4, -0.2) is 46.9 Å². The number of nitrogens with zero attached hydrogens (tertiary/aromatic N) is 2.